The summed E-state index contributed by atoms with van der Waals surface area (Å²) in [5.74, 6) is 1.42. The standard InChI is InChI=1S/C19H26N4O2/c1-15-16(2)25-19(21-15)14-20-18(24)8-9-22-10-12-23(13-11-22)17-6-4-3-5-7-17/h3-7H,8-14H2,1-2H3,(H,20,24). The van der Waals surface area contributed by atoms with Gasteiger partial charge in [-0.15, -0.1) is 0 Å². The summed E-state index contributed by atoms with van der Waals surface area (Å²) in [7, 11) is 0. The van der Waals surface area contributed by atoms with Crippen LogP contribution < -0.4 is 10.2 Å². The number of hydrogen-bond donors (Lipinski definition) is 1. The molecule has 6 heteroatoms. The largest absolute Gasteiger partial charge is 0.444 e. The van der Waals surface area contributed by atoms with Gasteiger partial charge in [-0.1, -0.05) is 18.2 Å². The molecule has 0 unspecified atom stereocenters. The van der Waals surface area contributed by atoms with Crippen LogP contribution in [-0.4, -0.2) is 48.5 Å². The van der Waals surface area contributed by atoms with Gasteiger partial charge in [0.25, 0.3) is 0 Å². The van der Waals surface area contributed by atoms with E-state index in [1.165, 1.54) is 5.69 Å². The second-order valence-corrected chi connectivity index (χ2v) is 6.44. The van der Waals surface area contributed by atoms with Gasteiger partial charge in [-0.3, -0.25) is 9.69 Å². The SMILES string of the molecule is Cc1nc(CNC(=O)CCN2CCN(c3ccccc3)CC2)oc1C. The van der Waals surface area contributed by atoms with E-state index in [-0.39, 0.29) is 5.91 Å². The Kier molecular flexibility index (Phi) is 5.71. The lowest BCUT2D eigenvalue weighted by atomic mass is 10.2. The molecule has 1 N–H and O–H groups in total. The number of anilines is 1. The zero-order valence-corrected chi connectivity index (χ0v) is 15.0. The quantitative estimate of drug-likeness (QED) is 0.871. The Hall–Kier alpha value is -2.34. The van der Waals surface area contributed by atoms with E-state index in [2.05, 4.69) is 44.4 Å². The van der Waals surface area contributed by atoms with Gasteiger partial charge in [0.1, 0.15) is 5.76 Å². The number of nitrogens with zero attached hydrogens (tertiary/aromatic N) is 3. The maximum absolute atomic E-state index is 12.0. The summed E-state index contributed by atoms with van der Waals surface area (Å²) in [6.07, 6.45) is 0.504. The Morgan fingerprint density at radius 1 is 1.16 bits per heavy atom. The van der Waals surface area contributed by atoms with Crippen molar-refractivity contribution in [1.82, 2.24) is 15.2 Å². The molecule has 0 saturated carbocycles. The lowest BCUT2D eigenvalue weighted by molar-refractivity contribution is -0.121. The number of aryl methyl sites for hydroxylation is 2. The molecule has 0 bridgehead atoms. The third kappa shape index (κ3) is 4.82. The van der Waals surface area contributed by atoms with E-state index >= 15 is 0 Å². The average molecular weight is 342 g/mol. The maximum Gasteiger partial charge on any atom is 0.221 e. The second kappa shape index (κ2) is 8.16. The number of nitrogens with one attached hydrogen (secondary N) is 1. The third-order valence-corrected chi connectivity index (χ3v) is 4.66. The van der Waals surface area contributed by atoms with Gasteiger partial charge in [-0.25, -0.2) is 4.98 Å². The van der Waals surface area contributed by atoms with Crippen LogP contribution in [0, 0.1) is 13.8 Å². The van der Waals surface area contributed by atoms with Crippen molar-refractivity contribution in [3.05, 3.63) is 47.7 Å². The summed E-state index contributed by atoms with van der Waals surface area (Å²) in [5, 5.41) is 2.88. The van der Waals surface area contributed by atoms with Crippen LogP contribution in [-0.2, 0) is 11.3 Å². The summed E-state index contributed by atoms with van der Waals surface area (Å²) in [6, 6.07) is 10.5. The Morgan fingerprint density at radius 3 is 2.52 bits per heavy atom. The number of benzene rings is 1. The van der Waals surface area contributed by atoms with Crippen LogP contribution in [0.25, 0.3) is 0 Å². The van der Waals surface area contributed by atoms with Crippen LogP contribution in [0.2, 0.25) is 0 Å². The van der Waals surface area contributed by atoms with Gasteiger partial charge in [0.2, 0.25) is 11.8 Å². The normalized spacial score (nSPS) is 15.4. The van der Waals surface area contributed by atoms with Crippen molar-refractivity contribution < 1.29 is 9.21 Å². The minimum Gasteiger partial charge on any atom is -0.444 e. The van der Waals surface area contributed by atoms with Gasteiger partial charge in [0, 0.05) is 44.8 Å². The van der Waals surface area contributed by atoms with Crippen LogP contribution in [0.4, 0.5) is 5.69 Å². The highest BCUT2D eigenvalue weighted by Gasteiger charge is 2.17. The predicted molar refractivity (Wildman–Crippen MR) is 97.5 cm³/mol. The Morgan fingerprint density at radius 2 is 1.88 bits per heavy atom. The van der Waals surface area contributed by atoms with E-state index in [0.29, 0.717) is 18.9 Å². The van der Waals surface area contributed by atoms with Crippen LogP contribution in [0.1, 0.15) is 23.8 Å². The summed E-state index contributed by atoms with van der Waals surface area (Å²) in [4.78, 5) is 21.0. The first kappa shape index (κ1) is 17.5. The zero-order chi connectivity index (χ0) is 17.6. The molecular formula is C19H26N4O2. The Bertz CT molecular complexity index is 671. The van der Waals surface area contributed by atoms with Gasteiger partial charge in [-0.05, 0) is 26.0 Å². The lowest BCUT2D eigenvalue weighted by Crippen LogP contribution is -2.47. The lowest BCUT2D eigenvalue weighted by Gasteiger charge is -2.36. The first-order valence-corrected chi connectivity index (χ1v) is 8.84. The second-order valence-electron chi connectivity index (χ2n) is 6.44. The number of rotatable bonds is 6. The molecule has 6 nitrogen and oxygen atoms in total. The molecule has 2 aromatic rings. The molecule has 134 valence electrons. The molecule has 0 spiro atoms. The van der Waals surface area contributed by atoms with Crippen molar-refractivity contribution in [2.75, 3.05) is 37.6 Å². The van der Waals surface area contributed by atoms with Crippen molar-refractivity contribution >= 4 is 11.6 Å². The average Bonchev–Trinajstić information content (AvgIpc) is 2.97. The number of oxazole rings is 1. The fourth-order valence-electron chi connectivity index (χ4n) is 3.01. The minimum absolute atomic E-state index is 0.0407. The van der Waals surface area contributed by atoms with E-state index in [1.807, 2.05) is 19.9 Å². The molecule has 3 rings (SSSR count). The van der Waals surface area contributed by atoms with Gasteiger partial charge in [0.15, 0.2) is 0 Å². The maximum atomic E-state index is 12.0. The minimum atomic E-state index is 0.0407. The highest BCUT2D eigenvalue weighted by molar-refractivity contribution is 5.75. The zero-order valence-electron chi connectivity index (χ0n) is 15.0. The van der Waals surface area contributed by atoms with Crippen LogP contribution in [0.15, 0.2) is 34.7 Å². The molecule has 1 saturated heterocycles. The van der Waals surface area contributed by atoms with E-state index < -0.39 is 0 Å². The monoisotopic (exact) mass is 342 g/mol. The van der Waals surface area contributed by atoms with Crippen LogP contribution >= 0.6 is 0 Å². The summed E-state index contributed by atoms with van der Waals surface area (Å²) in [5.41, 5.74) is 2.15. The first-order chi connectivity index (χ1) is 12.1. The number of carbonyl (C=O) groups is 1. The Balaban J connectivity index is 1.36. The van der Waals surface area contributed by atoms with Gasteiger partial charge in [-0.2, -0.15) is 0 Å². The molecule has 25 heavy (non-hydrogen) atoms. The predicted octanol–water partition coefficient (Wildman–Crippen LogP) is 2.12. The molecule has 1 aromatic carbocycles. The molecule has 0 radical (unpaired) electrons. The van der Waals surface area contributed by atoms with Gasteiger partial charge >= 0.3 is 0 Å². The first-order valence-electron chi connectivity index (χ1n) is 8.84. The third-order valence-electron chi connectivity index (χ3n) is 4.66. The fraction of sp³-hybridized carbons (Fsp3) is 0.474. The highest BCUT2D eigenvalue weighted by Crippen LogP contribution is 2.15. The summed E-state index contributed by atoms with van der Waals surface area (Å²) in [6.45, 7) is 8.90. The number of aromatic nitrogens is 1. The van der Waals surface area contributed by atoms with Gasteiger partial charge in [0.05, 0.1) is 12.2 Å². The number of piperazine rings is 1. The van der Waals surface area contributed by atoms with Crippen LogP contribution in [0.5, 0.6) is 0 Å². The number of hydrogen-bond acceptors (Lipinski definition) is 5. The molecule has 1 fully saturated rings. The highest BCUT2D eigenvalue weighted by atomic mass is 16.4. The smallest absolute Gasteiger partial charge is 0.221 e. The van der Waals surface area contributed by atoms with E-state index in [9.17, 15) is 4.79 Å². The number of carbonyl (C=O) groups excluding carboxylic acids is 1. The topological polar surface area (TPSA) is 61.6 Å². The molecule has 0 atom stereocenters. The number of amides is 1. The summed E-state index contributed by atoms with van der Waals surface area (Å²) < 4.78 is 5.47. The van der Waals surface area contributed by atoms with Gasteiger partial charge < -0.3 is 14.6 Å². The van der Waals surface area contributed by atoms with Crippen molar-refractivity contribution in [3.63, 3.8) is 0 Å². The van der Waals surface area contributed by atoms with E-state index in [0.717, 1.165) is 44.2 Å². The van der Waals surface area contributed by atoms with E-state index in [4.69, 9.17) is 4.42 Å². The number of para-hydroxylation sites is 1. The van der Waals surface area contributed by atoms with E-state index in [1.54, 1.807) is 0 Å². The van der Waals surface area contributed by atoms with Crippen LogP contribution in [0.3, 0.4) is 0 Å². The molecule has 1 amide bonds. The van der Waals surface area contributed by atoms with Crippen molar-refractivity contribution in [1.29, 1.82) is 0 Å². The van der Waals surface area contributed by atoms with Crippen molar-refractivity contribution in [2.45, 2.75) is 26.8 Å². The summed E-state index contributed by atoms with van der Waals surface area (Å²) >= 11 is 0. The molecule has 1 aromatic heterocycles. The molecule has 1 aliphatic rings. The fourth-order valence-corrected chi connectivity index (χ4v) is 3.01. The van der Waals surface area contributed by atoms with Crippen molar-refractivity contribution in [2.24, 2.45) is 0 Å². The molecule has 1 aliphatic heterocycles. The molecular weight excluding hydrogens is 316 g/mol. The Labute approximate surface area is 148 Å². The molecule has 0 aliphatic carbocycles. The van der Waals surface area contributed by atoms with Crippen molar-refractivity contribution in [3.8, 4) is 0 Å². The molecule has 2 heterocycles.